The first-order valence-corrected chi connectivity index (χ1v) is 7.67. The van der Waals surface area contributed by atoms with Crippen molar-refractivity contribution in [1.82, 2.24) is 5.32 Å². The molecule has 112 valence electrons. The van der Waals surface area contributed by atoms with E-state index in [1.54, 1.807) is 6.07 Å². The van der Waals surface area contributed by atoms with Gasteiger partial charge in [0.25, 0.3) is 0 Å². The number of hydrogen-bond donors (Lipinski definition) is 1. The summed E-state index contributed by atoms with van der Waals surface area (Å²) in [6.07, 6.45) is 1.05. The van der Waals surface area contributed by atoms with Gasteiger partial charge in [0.1, 0.15) is 5.82 Å². The highest BCUT2D eigenvalue weighted by Gasteiger charge is 2.11. The fourth-order valence-corrected chi connectivity index (χ4v) is 2.91. The maximum absolute atomic E-state index is 14.2. The molecule has 0 saturated carbocycles. The van der Waals surface area contributed by atoms with Gasteiger partial charge in [-0.05, 0) is 55.1 Å². The second-order valence-corrected chi connectivity index (χ2v) is 5.58. The zero-order valence-electron chi connectivity index (χ0n) is 13.3. The Morgan fingerprint density at radius 1 is 1.05 bits per heavy atom. The lowest BCUT2D eigenvalue weighted by atomic mass is 9.95. The molecular weight excluding hydrogens is 261 g/mol. The topological polar surface area (TPSA) is 12.0 Å². The van der Waals surface area contributed by atoms with Gasteiger partial charge in [-0.1, -0.05) is 44.2 Å². The summed E-state index contributed by atoms with van der Waals surface area (Å²) in [5.41, 5.74) is 4.86. The molecule has 1 atom stereocenters. The Morgan fingerprint density at radius 2 is 1.71 bits per heavy atom. The zero-order chi connectivity index (χ0) is 15.4. The lowest BCUT2D eigenvalue weighted by Gasteiger charge is -2.17. The Balaban J connectivity index is 2.35. The van der Waals surface area contributed by atoms with Crippen LogP contribution in [0.2, 0.25) is 0 Å². The van der Waals surface area contributed by atoms with Crippen molar-refractivity contribution in [3.05, 3.63) is 58.9 Å². The highest BCUT2D eigenvalue weighted by Crippen LogP contribution is 2.29. The summed E-state index contributed by atoms with van der Waals surface area (Å²) in [5, 5.41) is 3.46. The SMILES string of the molecule is CCNC(CC)c1ccc(-c2c(C)cc(C)cc2F)cc1. The molecule has 2 aromatic rings. The van der Waals surface area contributed by atoms with Gasteiger partial charge in [0.15, 0.2) is 0 Å². The van der Waals surface area contributed by atoms with E-state index in [0.717, 1.165) is 29.7 Å². The summed E-state index contributed by atoms with van der Waals surface area (Å²) >= 11 is 0. The van der Waals surface area contributed by atoms with Crippen LogP contribution in [0, 0.1) is 19.7 Å². The van der Waals surface area contributed by atoms with E-state index in [1.807, 2.05) is 32.0 Å². The van der Waals surface area contributed by atoms with Crippen LogP contribution in [0.5, 0.6) is 0 Å². The number of halogens is 1. The minimum absolute atomic E-state index is 0.140. The number of rotatable bonds is 5. The van der Waals surface area contributed by atoms with E-state index in [4.69, 9.17) is 0 Å². The first-order valence-electron chi connectivity index (χ1n) is 7.67. The van der Waals surface area contributed by atoms with Crippen LogP contribution in [0.1, 0.15) is 43.0 Å². The first kappa shape index (κ1) is 15.7. The molecule has 1 unspecified atom stereocenters. The summed E-state index contributed by atoms with van der Waals surface area (Å²) in [5.74, 6) is -0.140. The van der Waals surface area contributed by atoms with E-state index < -0.39 is 0 Å². The van der Waals surface area contributed by atoms with Gasteiger partial charge in [-0.3, -0.25) is 0 Å². The number of benzene rings is 2. The fraction of sp³-hybridized carbons (Fsp3) is 0.368. The molecule has 0 radical (unpaired) electrons. The van der Waals surface area contributed by atoms with Gasteiger partial charge in [0.2, 0.25) is 0 Å². The number of aryl methyl sites for hydroxylation is 2. The molecule has 0 aromatic heterocycles. The molecule has 0 saturated heterocycles. The van der Waals surface area contributed by atoms with Gasteiger partial charge in [-0.15, -0.1) is 0 Å². The van der Waals surface area contributed by atoms with Crippen molar-refractivity contribution in [1.29, 1.82) is 0 Å². The standard InChI is InChI=1S/C19H24FN/c1-5-18(21-6-2)15-7-9-16(10-8-15)19-14(4)11-13(3)12-17(19)20/h7-12,18,21H,5-6H2,1-4H3. The van der Waals surface area contributed by atoms with Crippen LogP contribution in [-0.2, 0) is 0 Å². The van der Waals surface area contributed by atoms with E-state index in [9.17, 15) is 4.39 Å². The molecule has 0 heterocycles. The minimum atomic E-state index is -0.140. The molecule has 0 aliphatic rings. The molecule has 0 aliphatic heterocycles. The Kier molecular flexibility index (Phi) is 5.13. The Hall–Kier alpha value is -1.67. The molecular formula is C19H24FN. The molecule has 0 aliphatic carbocycles. The lowest BCUT2D eigenvalue weighted by molar-refractivity contribution is 0.537. The van der Waals surface area contributed by atoms with Gasteiger partial charge in [-0.2, -0.15) is 0 Å². The molecule has 2 aromatic carbocycles. The third-order valence-corrected chi connectivity index (χ3v) is 3.89. The molecule has 0 spiro atoms. The van der Waals surface area contributed by atoms with Crippen molar-refractivity contribution in [3.8, 4) is 11.1 Å². The fourth-order valence-electron chi connectivity index (χ4n) is 2.91. The van der Waals surface area contributed by atoms with Crippen molar-refractivity contribution >= 4 is 0 Å². The highest BCUT2D eigenvalue weighted by atomic mass is 19.1. The summed E-state index contributed by atoms with van der Waals surface area (Å²) in [7, 11) is 0. The van der Waals surface area contributed by atoms with Crippen molar-refractivity contribution in [2.24, 2.45) is 0 Å². The predicted octanol–water partition coefficient (Wildman–Crippen LogP) is 5.17. The summed E-state index contributed by atoms with van der Waals surface area (Å²) < 4.78 is 14.2. The molecule has 2 rings (SSSR count). The third-order valence-electron chi connectivity index (χ3n) is 3.89. The largest absolute Gasteiger partial charge is 0.310 e. The van der Waals surface area contributed by atoms with E-state index in [-0.39, 0.29) is 5.82 Å². The van der Waals surface area contributed by atoms with E-state index in [0.29, 0.717) is 11.6 Å². The number of nitrogens with one attached hydrogen (secondary N) is 1. The van der Waals surface area contributed by atoms with Crippen LogP contribution >= 0.6 is 0 Å². The first-order chi connectivity index (χ1) is 10.1. The van der Waals surface area contributed by atoms with Crippen molar-refractivity contribution in [2.75, 3.05) is 6.54 Å². The van der Waals surface area contributed by atoms with Crippen LogP contribution in [0.3, 0.4) is 0 Å². The Bertz CT molecular complexity index is 578. The Labute approximate surface area is 127 Å². The molecule has 1 N–H and O–H groups in total. The lowest BCUT2D eigenvalue weighted by Crippen LogP contribution is -2.19. The summed E-state index contributed by atoms with van der Waals surface area (Å²) in [6.45, 7) is 9.12. The molecule has 0 bridgehead atoms. The molecule has 0 fully saturated rings. The van der Waals surface area contributed by atoms with Crippen LogP contribution < -0.4 is 5.32 Å². The molecule has 0 amide bonds. The third kappa shape index (κ3) is 3.51. The summed E-state index contributed by atoms with van der Waals surface area (Å²) in [6, 6.07) is 12.2. The number of hydrogen-bond acceptors (Lipinski definition) is 1. The maximum atomic E-state index is 14.2. The average molecular weight is 285 g/mol. The van der Waals surface area contributed by atoms with E-state index in [2.05, 4.69) is 31.3 Å². The monoisotopic (exact) mass is 285 g/mol. The second-order valence-electron chi connectivity index (χ2n) is 5.58. The quantitative estimate of drug-likeness (QED) is 0.799. The average Bonchev–Trinajstić information content (AvgIpc) is 2.44. The normalized spacial score (nSPS) is 12.4. The van der Waals surface area contributed by atoms with Crippen molar-refractivity contribution in [2.45, 2.75) is 40.2 Å². The van der Waals surface area contributed by atoms with Gasteiger partial charge in [-0.25, -0.2) is 4.39 Å². The van der Waals surface area contributed by atoms with Crippen LogP contribution in [0.15, 0.2) is 36.4 Å². The zero-order valence-corrected chi connectivity index (χ0v) is 13.3. The van der Waals surface area contributed by atoms with Crippen molar-refractivity contribution < 1.29 is 4.39 Å². The van der Waals surface area contributed by atoms with Crippen LogP contribution in [0.4, 0.5) is 4.39 Å². The maximum Gasteiger partial charge on any atom is 0.131 e. The van der Waals surface area contributed by atoms with Gasteiger partial charge in [0, 0.05) is 11.6 Å². The molecule has 2 heteroatoms. The van der Waals surface area contributed by atoms with Gasteiger partial charge < -0.3 is 5.32 Å². The molecule has 1 nitrogen and oxygen atoms in total. The van der Waals surface area contributed by atoms with Crippen molar-refractivity contribution in [3.63, 3.8) is 0 Å². The van der Waals surface area contributed by atoms with E-state index >= 15 is 0 Å². The van der Waals surface area contributed by atoms with Crippen LogP contribution in [-0.4, -0.2) is 6.54 Å². The second kappa shape index (κ2) is 6.86. The smallest absolute Gasteiger partial charge is 0.131 e. The van der Waals surface area contributed by atoms with Crippen LogP contribution in [0.25, 0.3) is 11.1 Å². The Morgan fingerprint density at radius 3 is 2.24 bits per heavy atom. The van der Waals surface area contributed by atoms with Gasteiger partial charge in [0.05, 0.1) is 0 Å². The summed E-state index contributed by atoms with van der Waals surface area (Å²) in [4.78, 5) is 0. The highest BCUT2D eigenvalue weighted by molar-refractivity contribution is 5.68. The predicted molar refractivity (Wildman–Crippen MR) is 88.0 cm³/mol. The molecule has 21 heavy (non-hydrogen) atoms. The minimum Gasteiger partial charge on any atom is -0.310 e. The van der Waals surface area contributed by atoms with E-state index in [1.165, 1.54) is 5.56 Å². The van der Waals surface area contributed by atoms with Gasteiger partial charge >= 0.3 is 0 Å².